The molecule has 2 atom stereocenters. The van der Waals surface area contributed by atoms with Gasteiger partial charge in [0.15, 0.2) is 6.10 Å². The van der Waals surface area contributed by atoms with Crippen molar-refractivity contribution in [3.8, 4) is 0 Å². The summed E-state index contributed by atoms with van der Waals surface area (Å²) in [6.07, 6.45) is 115. The Morgan fingerprint density at radius 1 is 0.310 bits per heavy atom. The lowest BCUT2D eigenvalue weighted by atomic mass is 10.0. The SMILES string of the molecule is CC/C=C\C/C=C\C/C=C\C/C=C\C/C=C\C/C=C\CCCCCCCCCCCCCCCCCCCCCCCCC(=O)OC(COC(=O)CCCCCCCCCCCCCCCCCCCCCCCC/C=C\C/C=C\C/C=C\C/C=C\CC)COP(=O)([O-])OCC[N+](C)(C)C. The van der Waals surface area contributed by atoms with E-state index in [-0.39, 0.29) is 32.0 Å². The fourth-order valence-corrected chi connectivity index (χ4v) is 12.9. The Balaban J connectivity index is 3.90. The molecule has 0 amide bonds. The van der Waals surface area contributed by atoms with Gasteiger partial charge in [0.2, 0.25) is 0 Å². The highest BCUT2D eigenvalue weighted by atomic mass is 31.2. The van der Waals surface area contributed by atoms with Crippen molar-refractivity contribution in [3.05, 3.63) is 122 Å². The van der Waals surface area contributed by atoms with Crippen LogP contribution in [0.15, 0.2) is 122 Å². The number of nitrogens with zero attached hydrogens (tertiary/aromatic N) is 1. The molecule has 0 aromatic heterocycles. The van der Waals surface area contributed by atoms with Crippen LogP contribution >= 0.6 is 7.82 Å². The molecular formula is C90H160NO8P. The second-order valence-electron chi connectivity index (χ2n) is 29.4. The number of hydrogen-bond donors (Lipinski definition) is 0. The quantitative estimate of drug-likeness (QED) is 0.0195. The lowest BCUT2D eigenvalue weighted by Crippen LogP contribution is -2.37. The third-order valence-corrected chi connectivity index (χ3v) is 19.4. The Morgan fingerprint density at radius 3 is 0.800 bits per heavy atom. The summed E-state index contributed by atoms with van der Waals surface area (Å²) in [5.41, 5.74) is 0. The van der Waals surface area contributed by atoms with Crippen molar-refractivity contribution < 1.29 is 42.1 Å². The highest BCUT2D eigenvalue weighted by molar-refractivity contribution is 7.45. The molecule has 0 aliphatic rings. The molecule has 9 nitrogen and oxygen atoms in total. The molecule has 0 saturated heterocycles. The van der Waals surface area contributed by atoms with Crippen molar-refractivity contribution in [2.75, 3.05) is 47.5 Å². The molecule has 0 fully saturated rings. The number of allylic oxidation sites excluding steroid dienone is 20. The summed E-state index contributed by atoms with van der Waals surface area (Å²) in [6, 6.07) is 0. The van der Waals surface area contributed by atoms with E-state index in [1.54, 1.807) is 0 Å². The molecule has 100 heavy (non-hydrogen) atoms. The number of phosphoric ester groups is 1. The van der Waals surface area contributed by atoms with E-state index in [9.17, 15) is 19.0 Å². The molecule has 0 aliphatic heterocycles. The summed E-state index contributed by atoms with van der Waals surface area (Å²) < 4.78 is 34.5. The fraction of sp³-hybridized carbons (Fsp3) is 0.756. The van der Waals surface area contributed by atoms with Gasteiger partial charge >= 0.3 is 11.9 Å². The smallest absolute Gasteiger partial charge is 0.306 e. The first-order valence-corrected chi connectivity index (χ1v) is 43.7. The first-order valence-electron chi connectivity index (χ1n) is 42.2. The minimum absolute atomic E-state index is 0.0310. The molecular weight excluding hydrogens is 1250 g/mol. The topological polar surface area (TPSA) is 111 Å². The van der Waals surface area contributed by atoms with Crippen molar-refractivity contribution in [1.82, 2.24) is 0 Å². The molecule has 10 heteroatoms. The van der Waals surface area contributed by atoms with Crippen LogP contribution in [0.4, 0.5) is 0 Å². The van der Waals surface area contributed by atoms with E-state index in [1.807, 2.05) is 21.1 Å². The second kappa shape index (κ2) is 79.5. The van der Waals surface area contributed by atoms with Gasteiger partial charge in [0.05, 0.1) is 27.7 Å². The molecule has 0 aliphatic carbocycles. The molecule has 0 bridgehead atoms. The Morgan fingerprint density at radius 2 is 0.540 bits per heavy atom. The van der Waals surface area contributed by atoms with Crippen LogP contribution in [0.1, 0.15) is 386 Å². The summed E-state index contributed by atoms with van der Waals surface area (Å²) in [5, 5.41) is 0. The van der Waals surface area contributed by atoms with Crippen LogP contribution in [0.3, 0.4) is 0 Å². The number of likely N-dealkylation sites (N-methyl/N-ethyl adjacent to an activating group) is 1. The lowest BCUT2D eigenvalue weighted by Gasteiger charge is -2.28. The second-order valence-corrected chi connectivity index (χ2v) is 30.8. The molecule has 0 rings (SSSR count). The van der Waals surface area contributed by atoms with Gasteiger partial charge in [0, 0.05) is 12.8 Å². The molecule has 0 radical (unpaired) electrons. The lowest BCUT2D eigenvalue weighted by molar-refractivity contribution is -0.870. The molecule has 0 N–H and O–H groups in total. The van der Waals surface area contributed by atoms with E-state index in [4.69, 9.17) is 18.5 Å². The number of carbonyl (C=O) groups is 2. The van der Waals surface area contributed by atoms with E-state index in [1.165, 1.54) is 250 Å². The number of carbonyl (C=O) groups excluding carboxylic acids is 2. The van der Waals surface area contributed by atoms with E-state index in [0.29, 0.717) is 17.4 Å². The van der Waals surface area contributed by atoms with E-state index in [2.05, 4.69) is 135 Å². The molecule has 0 aromatic rings. The van der Waals surface area contributed by atoms with Crippen LogP contribution in [0.25, 0.3) is 0 Å². The predicted octanol–water partition coefficient (Wildman–Crippen LogP) is 27.9. The van der Waals surface area contributed by atoms with Crippen molar-refractivity contribution in [2.24, 2.45) is 0 Å². The van der Waals surface area contributed by atoms with Crippen LogP contribution in [0.2, 0.25) is 0 Å². The third kappa shape index (κ3) is 83.4. The summed E-state index contributed by atoms with van der Waals surface area (Å²) in [5.74, 6) is -0.815. The van der Waals surface area contributed by atoms with Crippen LogP contribution in [-0.2, 0) is 32.7 Å². The Hall–Kier alpha value is -3.59. The average Bonchev–Trinajstić information content (AvgIpc) is 1.30. The van der Waals surface area contributed by atoms with Gasteiger partial charge in [-0.25, -0.2) is 0 Å². The highest BCUT2D eigenvalue weighted by Crippen LogP contribution is 2.38. The number of unbranched alkanes of at least 4 members (excludes halogenated alkanes) is 44. The maximum absolute atomic E-state index is 12.9. The average molecular weight is 1420 g/mol. The number of quaternary nitrogens is 1. The number of hydrogen-bond acceptors (Lipinski definition) is 8. The zero-order chi connectivity index (χ0) is 72.5. The van der Waals surface area contributed by atoms with E-state index < -0.39 is 26.5 Å². The fourth-order valence-electron chi connectivity index (χ4n) is 12.1. The zero-order valence-corrected chi connectivity index (χ0v) is 67.0. The van der Waals surface area contributed by atoms with Crippen LogP contribution < -0.4 is 4.89 Å². The van der Waals surface area contributed by atoms with Gasteiger partial charge in [0.1, 0.15) is 19.8 Å². The Bertz CT molecular complexity index is 2110. The normalized spacial score (nSPS) is 13.6. The van der Waals surface area contributed by atoms with E-state index >= 15 is 0 Å². The Kier molecular flexibility index (Phi) is 76.7. The minimum Gasteiger partial charge on any atom is -0.756 e. The van der Waals surface area contributed by atoms with Crippen LogP contribution in [0, 0.1) is 0 Å². The standard InChI is InChI=1S/C90H160NO8P/c1-6-8-10-12-14-16-18-20-22-24-26-28-30-32-34-36-38-40-42-43-44-45-46-47-49-51-53-55-57-59-61-63-65-67-69-71-73-75-77-79-81-83-90(93)99-88(87-98-100(94,95)97-85-84-91(3,4)5)86-96-89(92)82-80-78-76-74-72-70-68-66-64-62-60-58-56-54-52-50-48-41-39-37-35-33-31-29-27-25-23-21-19-17-15-13-11-9-7-2/h8-11,14-17,20-23,26-29,32,34,38,40,88H,6-7,12-13,18-19,24-25,30-31,33,35-37,39,41-87H2,1-5H3/b10-8-,11-9-,16-14-,17-15-,22-20-,23-21-,28-26-,29-27-,34-32-,40-38-. The molecule has 0 heterocycles. The summed E-state index contributed by atoms with van der Waals surface area (Å²) in [4.78, 5) is 38.2. The summed E-state index contributed by atoms with van der Waals surface area (Å²) >= 11 is 0. The largest absolute Gasteiger partial charge is 0.756 e. The van der Waals surface area contributed by atoms with Gasteiger partial charge in [-0.05, 0) is 103 Å². The van der Waals surface area contributed by atoms with Crippen molar-refractivity contribution in [2.45, 2.75) is 392 Å². The van der Waals surface area contributed by atoms with E-state index in [0.717, 1.165) is 103 Å². The molecule has 578 valence electrons. The number of esters is 2. The van der Waals surface area contributed by atoms with Crippen molar-refractivity contribution in [3.63, 3.8) is 0 Å². The molecule has 0 aromatic carbocycles. The van der Waals surface area contributed by atoms with Gasteiger partial charge in [-0.15, -0.1) is 0 Å². The van der Waals surface area contributed by atoms with Crippen LogP contribution in [-0.4, -0.2) is 70.0 Å². The molecule has 0 spiro atoms. The zero-order valence-electron chi connectivity index (χ0n) is 66.1. The highest BCUT2D eigenvalue weighted by Gasteiger charge is 2.22. The number of rotatable bonds is 78. The summed E-state index contributed by atoms with van der Waals surface area (Å²) in [7, 11) is 1.18. The first-order chi connectivity index (χ1) is 49.0. The molecule has 2 unspecified atom stereocenters. The maximum atomic E-state index is 12.9. The van der Waals surface area contributed by atoms with Gasteiger partial charge < -0.3 is 27.9 Å². The first kappa shape index (κ1) is 96.4. The van der Waals surface area contributed by atoms with Gasteiger partial charge in [-0.2, -0.15) is 0 Å². The van der Waals surface area contributed by atoms with Gasteiger partial charge in [0.25, 0.3) is 7.82 Å². The van der Waals surface area contributed by atoms with Crippen molar-refractivity contribution in [1.29, 1.82) is 0 Å². The predicted molar refractivity (Wildman–Crippen MR) is 434 cm³/mol. The van der Waals surface area contributed by atoms with Crippen LogP contribution in [0.5, 0.6) is 0 Å². The Labute approximate surface area is 619 Å². The number of ether oxygens (including phenoxy) is 2. The minimum atomic E-state index is -4.65. The van der Waals surface area contributed by atoms with Crippen molar-refractivity contribution >= 4 is 19.8 Å². The van der Waals surface area contributed by atoms with Gasteiger partial charge in [-0.1, -0.05) is 392 Å². The van der Waals surface area contributed by atoms with Gasteiger partial charge in [-0.3, -0.25) is 14.2 Å². The molecule has 0 saturated carbocycles. The monoisotopic (exact) mass is 1410 g/mol. The maximum Gasteiger partial charge on any atom is 0.306 e. The summed E-state index contributed by atoms with van der Waals surface area (Å²) in [6.45, 7) is 4.07. The number of phosphoric acid groups is 1. The third-order valence-electron chi connectivity index (χ3n) is 18.5.